The Bertz CT molecular complexity index is 187. The minimum atomic E-state index is 0.332. The molecule has 2 heteroatoms. The zero-order chi connectivity index (χ0) is 9.47. The van der Waals surface area contributed by atoms with E-state index in [-0.39, 0.29) is 0 Å². The molecule has 0 aromatic carbocycles. The van der Waals surface area contributed by atoms with Crippen molar-refractivity contribution in [2.75, 3.05) is 6.61 Å². The van der Waals surface area contributed by atoms with Crippen LogP contribution >= 0.6 is 0 Å². The maximum absolute atomic E-state index is 5.71. The van der Waals surface area contributed by atoms with Crippen molar-refractivity contribution in [3.05, 3.63) is 0 Å². The SMILES string of the molecule is CCOC(C)[C@@]12CC(C[C@@H](C)C1)N2. The van der Waals surface area contributed by atoms with Crippen LogP contribution in [0.4, 0.5) is 0 Å². The molecule has 2 unspecified atom stereocenters. The first-order valence-electron chi connectivity index (χ1n) is 5.55. The van der Waals surface area contributed by atoms with Gasteiger partial charge in [-0.05, 0) is 39.0 Å². The van der Waals surface area contributed by atoms with E-state index in [0.29, 0.717) is 11.6 Å². The highest BCUT2D eigenvalue weighted by atomic mass is 16.5. The van der Waals surface area contributed by atoms with E-state index in [1.54, 1.807) is 0 Å². The average Bonchev–Trinajstić information content (AvgIpc) is 2.02. The van der Waals surface area contributed by atoms with Crippen LogP contribution in [-0.2, 0) is 4.74 Å². The van der Waals surface area contributed by atoms with Gasteiger partial charge in [-0.25, -0.2) is 0 Å². The van der Waals surface area contributed by atoms with E-state index in [0.717, 1.165) is 18.6 Å². The lowest BCUT2D eigenvalue weighted by molar-refractivity contribution is -0.0830. The third-order valence-corrected chi connectivity index (χ3v) is 3.70. The molecule has 3 rings (SSSR count). The highest BCUT2D eigenvalue weighted by Gasteiger charge is 2.52. The number of hydrogen-bond acceptors (Lipinski definition) is 2. The fraction of sp³-hybridized carbons (Fsp3) is 1.00. The van der Waals surface area contributed by atoms with E-state index in [1.807, 2.05) is 0 Å². The molecule has 0 amide bonds. The fourth-order valence-electron chi connectivity index (χ4n) is 3.16. The van der Waals surface area contributed by atoms with Gasteiger partial charge in [-0.2, -0.15) is 0 Å². The molecular weight excluding hydrogens is 162 g/mol. The minimum Gasteiger partial charge on any atom is -0.377 e. The van der Waals surface area contributed by atoms with Gasteiger partial charge in [-0.15, -0.1) is 0 Å². The standard InChI is InChI=1S/C11H21NO/c1-4-13-9(3)11-6-8(2)5-10(7-11)12-11/h8-10,12H,4-7H2,1-3H3/t8-,9?,10?,11+/m1/s1. The van der Waals surface area contributed by atoms with Crippen molar-refractivity contribution in [3.63, 3.8) is 0 Å². The van der Waals surface area contributed by atoms with Crippen molar-refractivity contribution in [3.8, 4) is 0 Å². The van der Waals surface area contributed by atoms with Crippen LogP contribution in [0.2, 0.25) is 0 Å². The van der Waals surface area contributed by atoms with Gasteiger partial charge in [0.2, 0.25) is 0 Å². The van der Waals surface area contributed by atoms with Gasteiger partial charge < -0.3 is 10.1 Å². The maximum Gasteiger partial charge on any atom is 0.0729 e. The molecule has 2 bridgehead atoms. The van der Waals surface area contributed by atoms with E-state index >= 15 is 0 Å². The summed E-state index contributed by atoms with van der Waals surface area (Å²) in [5, 5.41) is 3.68. The summed E-state index contributed by atoms with van der Waals surface area (Å²) in [6.45, 7) is 7.49. The Labute approximate surface area is 81.0 Å². The van der Waals surface area contributed by atoms with E-state index in [4.69, 9.17) is 4.74 Å². The summed E-state index contributed by atoms with van der Waals surface area (Å²) < 4.78 is 5.71. The van der Waals surface area contributed by atoms with E-state index < -0.39 is 0 Å². The maximum atomic E-state index is 5.71. The van der Waals surface area contributed by atoms with Gasteiger partial charge in [0.05, 0.1) is 6.10 Å². The van der Waals surface area contributed by atoms with Crippen LogP contribution in [0.25, 0.3) is 0 Å². The first-order valence-corrected chi connectivity index (χ1v) is 5.55. The third-order valence-electron chi connectivity index (χ3n) is 3.70. The zero-order valence-corrected chi connectivity index (χ0v) is 8.97. The third kappa shape index (κ3) is 1.50. The van der Waals surface area contributed by atoms with Gasteiger partial charge >= 0.3 is 0 Å². The summed E-state index contributed by atoms with van der Waals surface area (Å²) in [5.41, 5.74) is 0.332. The number of piperidine rings is 1. The van der Waals surface area contributed by atoms with Crippen LogP contribution in [0, 0.1) is 5.92 Å². The van der Waals surface area contributed by atoms with Gasteiger partial charge in [0.15, 0.2) is 0 Å². The lowest BCUT2D eigenvalue weighted by Gasteiger charge is -2.58. The molecule has 0 aromatic heterocycles. The largest absolute Gasteiger partial charge is 0.377 e. The van der Waals surface area contributed by atoms with Crippen molar-refractivity contribution in [1.82, 2.24) is 5.32 Å². The minimum absolute atomic E-state index is 0.332. The van der Waals surface area contributed by atoms with Crippen molar-refractivity contribution in [1.29, 1.82) is 0 Å². The predicted octanol–water partition coefficient (Wildman–Crippen LogP) is 1.94. The first-order chi connectivity index (χ1) is 6.16. The number of rotatable bonds is 3. The lowest BCUT2D eigenvalue weighted by atomic mass is 9.64. The molecule has 0 spiro atoms. The highest BCUT2D eigenvalue weighted by Crippen LogP contribution is 2.43. The van der Waals surface area contributed by atoms with Gasteiger partial charge in [0.25, 0.3) is 0 Å². The molecule has 13 heavy (non-hydrogen) atoms. The zero-order valence-electron chi connectivity index (χ0n) is 8.97. The van der Waals surface area contributed by atoms with Gasteiger partial charge in [0, 0.05) is 18.2 Å². The molecule has 3 aliphatic rings. The number of ether oxygens (including phenoxy) is 1. The summed E-state index contributed by atoms with van der Waals surface area (Å²) in [6.07, 6.45) is 4.38. The molecule has 76 valence electrons. The van der Waals surface area contributed by atoms with Crippen LogP contribution in [0.3, 0.4) is 0 Å². The molecule has 2 nitrogen and oxygen atoms in total. The highest BCUT2D eigenvalue weighted by molar-refractivity contribution is 5.11. The molecule has 0 aromatic rings. The molecule has 1 N–H and O–H groups in total. The molecule has 1 aliphatic carbocycles. The molecule has 2 heterocycles. The van der Waals surface area contributed by atoms with Crippen LogP contribution < -0.4 is 5.32 Å². The number of fused-ring (bicyclic) bond motifs is 2. The van der Waals surface area contributed by atoms with Crippen LogP contribution in [0.5, 0.6) is 0 Å². The second-order valence-corrected chi connectivity index (χ2v) is 4.84. The number of nitrogens with one attached hydrogen (secondary N) is 1. The monoisotopic (exact) mass is 183 g/mol. The Morgan fingerprint density at radius 1 is 1.54 bits per heavy atom. The predicted molar refractivity (Wildman–Crippen MR) is 53.8 cm³/mol. The second-order valence-electron chi connectivity index (χ2n) is 4.84. The van der Waals surface area contributed by atoms with Crippen LogP contribution in [0.1, 0.15) is 40.0 Å². The molecule has 2 aliphatic heterocycles. The fourth-order valence-corrected chi connectivity index (χ4v) is 3.16. The molecule has 4 atom stereocenters. The topological polar surface area (TPSA) is 21.3 Å². The molecule has 0 radical (unpaired) electrons. The molecule has 2 saturated heterocycles. The molecule has 1 saturated carbocycles. The summed E-state index contributed by atoms with van der Waals surface area (Å²) in [6, 6.07) is 0.784. The smallest absolute Gasteiger partial charge is 0.0729 e. The summed E-state index contributed by atoms with van der Waals surface area (Å²) >= 11 is 0. The van der Waals surface area contributed by atoms with E-state index in [1.165, 1.54) is 19.3 Å². The Kier molecular flexibility index (Phi) is 2.37. The van der Waals surface area contributed by atoms with Crippen molar-refractivity contribution < 1.29 is 4.74 Å². The van der Waals surface area contributed by atoms with Crippen molar-refractivity contribution in [2.45, 2.75) is 57.7 Å². The number of hydrogen-bond donors (Lipinski definition) is 1. The van der Waals surface area contributed by atoms with E-state index in [9.17, 15) is 0 Å². The van der Waals surface area contributed by atoms with Gasteiger partial charge in [-0.1, -0.05) is 6.92 Å². The lowest BCUT2D eigenvalue weighted by Crippen LogP contribution is -2.72. The van der Waals surface area contributed by atoms with Gasteiger partial charge in [-0.3, -0.25) is 0 Å². The quantitative estimate of drug-likeness (QED) is 0.722. The van der Waals surface area contributed by atoms with E-state index in [2.05, 4.69) is 26.1 Å². The molecule has 3 fully saturated rings. The summed E-state index contributed by atoms with van der Waals surface area (Å²) in [5.74, 6) is 0.878. The van der Waals surface area contributed by atoms with Crippen LogP contribution in [0.15, 0.2) is 0 Å². The Morgan fingerprint density at radius 2 is 2.23 bits per heavy atom. The summed E-state index contributed by atoms with van der Waals surface area (Å²) in [7, 11) is 0. The Morgan fingerprint density at radius 3 is 2.77 bits per heavy atom. The molecular formula is C11H21NO. The van der Waals surface area contributed by atoms with Crippen LogP contribution in [-0.4, -0.2) is 24.3 Å². The van der Waals surface area contributed by atoms with Crippen molar-refractivity contribution >= 4 is 0 Å². The average molecular weight is 183 g/mol. The second kappa shape index (κ2) is 3.25. The van der Waals surface area contributed by atoms with Crippen molar-refractivity contribution in [2.24, 2.45) is 5.92 Å². The Balaban J connectivity index is 1.97. The van der Waals surface area contributed by atoms with Gasteiger partial charge in [0.1, 0.15) is 0 Å². The summed E-state index contributed by atoms with van der Waals surface area (Å²) in [4.78, 5) is 0. The normalized spacial score (nSPS) is 45.5. The Hall–Kier alpha value is -0.0800. The first kappa shape index (κ1) is 9.47.